The van der Waals surface area contributed by atoms with Crippen LogP contribution < -0.4 is 10.6 Å². The number of benzene rings is 7. The molecule has 5 heterocycles. The van der Waals surface area contributed by atoms with Crippen molar-refractivity contribution in [1.29, 1.82) is 0 Å². The molecule has 0 unspecified atom stereocenters. The molecule has 7 aromatic carbocycles. The monoisotopic (exact) mass is 1960 g/mol. The van der Waals surface area contributed by atoms with Crippen molar-refractivity contribution in [3.63, 3.8) is 0 Å². The highest BCUT2D eigenvalue weighted by Crippen LogP contribution is 2.50. The van der Waals surface area contributed by atoms with E-state index in [9.17, 15) is 38.4 Å². The summed E-state index contributed by atoms with van der Waals surface area (Å²) in [6, 6.07) is 60.7. The van der Waals surface area contributed by atoms with Gasteiger partial charge in [0.1, 0.15) is 91.2 Å². The highest BCUT2D eigenvalue weighted by atomic mass is 32.2. The number of amides is 4. The Labute approximate surface area is 812 Å². The molecule has 23 atom stereocenters. The predicted octanol–water partition coefficient (Wildman–Crippen LogP) is 10.3. The zero-order chi connectivity index (χ0) is 99.5. The Morgan fingerprint density at radius 3 is 1.36 bits per heavy atom. The van der Waals surface area contributed by atoms with Gasteiger partial charge in [0.05, 0.1) is 85.0 Å². The predicted molar refractivity (Wildman–Crippen MR) is 498 cm³/mol. The summed E-state index contributed by atoms with van der Waals surface area (Å²) in [4.78, 5) is 161. The lowest BCUT2D eigenvalue weighted by Crippen LogP contribution is -2.79. The molecule has 35 nitrogen and oxygen atoms in total. The third-order valence-corrected chi connectivity index (χ3v) is 26.4. The maximum Gasteiger partial charge on any atom is 0.366 e. The molecule has 2 N–H and O–H groups in total. The van der Waals surface area contributed by atoms with Gasteiger partial charge in [0.2, 0.25) is 17.7 Å². The van der Waals surface area contributed by atoms with Crippen molar-refractivity contribution in [3.8, 4) is 0 Å². The smallest absolute Gasteiger partial charge is 0.366 e. The van der Waals surface area contributed by atoms with E-state index in [4.69, 9.17) is 99.5 Å². The first-order valence-corrected chi connectivity index (χ1v) is 50.6. The van der Waals surface area contributed by atoms with Gasteiger partial charge in [0.15, 0.2) is 30.9 Å². The van der Waals surface area contributed by atoms with Crippen LogP contribution in [-0.2, 0) is 192 Å². The second-order valence-electron chi connectivity index (χ2n) is 35.5. The minimum Gasteiger partial charge on any atom is -0.465 e. The second kappa shape index (κ2) is 50.9. The first-order chi connectivity index (χ1) is 66.7. The van der Waals surface area contributed by atoms with Crippen LogP contribution in [0.5, 0.6) is 0 Å². The van der Waals surface area contributed by atoms with Crippen molar-refractivity contribution in [3.05, 3.63) is 246 Å². The van der Waals surface area contributed by atoms with Crippen LogP contribution in [0.1, 0.15) is 102 Å². The SMILES string of the molecule is COC(=O)[C@@]1(O[C@H]2[C@@H](OCc3ccccc3)[C@@H](COCc3ccccc3)O[C@@H](O[C@H]3[C@H](OCc4ccccc4)[C@@H](OCc4ccccc4)[C@H](OCC[Si](C)(C)C)O[C@@H]3COCc3ccccc3)[C@@H]2OCc2ccccc2)C[C@@H](OC(C)=O)[C@@H](NC(C)=O)[C@H]([C@H](OC(C)=O)[C@H]2CN(C(C)=O)C(=O)[C@@]3(O[C@@H]([C@H](OC(C)=O)[C@@H](COC(C)=O)OC(C)=O)[C@H](NC(C)=O)[C@@H](OC(C)=O)[C@@H]3Sc3ccccc3)O2)O1. The molecule has 5 saturated heterocycles. The molecule has 5 aliphatic heterocycles. The number of thioether (sulfide) groups is 1. The van der Waals surface area contributed by atoms with E-state index in [0.717, 1.165) is 103 Å². The number of hydrogen-bond acceptors (Lipinski definition) is 33. The van der Waals surface area contributed by atoms with Crippen molar-refractivity contribution in [2.75, 3.05) is 40.1 Å². The third kappa shape index (κ3) is 29.8. The number of imide groups is 1. The normalized spacial score (nSPS) is 27.0. The van der Waals surface area contributed by atoms with E-state index in [0.29, 0.717) is 22.1 Å². The lowest BCUT2D eigenvalue weighted by molar-refractivity contribution is -0.399. The van der Waals surface area contributed by atoms with Crippen LogP contribution >= 0.6 is 11.8 Å². The Kier molecular flexibility index (Phi) is 39.1. The van der Waals surface area contributed by atoms with Gasteiger partial charge in [-0.3, -0.25) is 52.8 Å². The fourth-order valence-corrected chi connectivity index (χ4v) is 19.3. The van der Waals surface area contributed by atoms with Gasteiger partial charge in [0.25, 0.3) is 17.5 Å². The van der Waals surface area contributed by atoms with Crippen molar-refractivity contribution >= 4 is 85.2 Å². The molecule has 5 fully saturated rings. The standard InChI is InChI=1S/C102H123N3O32SSi/c1-62(106)103-83-78(126-66(5)110)51-101(100(116)117-10,135-89(83)86(128-68(7)112)79-52-105(64(3)108)99(115)102(134-79)96(138-77-47-33-20-34-48-77)91(130-70(9)114)84(104-63(2)107)90(137-102)87(129-69(8)113)82(127-67(6)111)61-121-65(4)109)136-93-85(122-55-73-39-25-16-26-40-73)80(59-118-53-71-35-21-14-22-36-71)132-98(95(93)125-58-76-45-31-19-32-46-76)133-88-81(60-119-54-72-37-23-15-24-38-72)131-97(120-49-50-139(11,12)13)94(124-57-75-43-29-18-30-44-75)92(88)123-56-74-41-27-17-28-42-74/h14-48,78-98H,49-61H2,1-13H3,(H,103,106)(H,104,107)/t78-,79-,80-,81-,82-,83-,84+,85+,86-,87-,88-,89-,90-,91-,92+,93+,94-,95-,96+,97-,98+,101+,102-/m1/s1. The molecule has 4 amide bonds. The summed E-state index contributed by atoms with van der Waals surface area (Å²) < 4.78 is 145. The van der Waals surface area contributed by atoms with Crippen LogP contribution in [0.25, 0.3) is 0 Å². The van der Waals surface area contributed by atoms with E-state index in [1.165, 1.54) is 0 Å². The Hall–Kier alpha value is -11.1. The van der Waals surface area contributed by atoms with Crippen molar-refractivity contribution in [1.82, 2.24) is 15.5 Å². The maximum atomic E-state index is 16.7. The number of ether oxygens (including phenoxy) is 21. The number of nitrogens with zero attached hydrogens (tertiary/aromatic N) is 1. The van der Waals surface area contributed by atoms with Gasteiger partial charge in [-0.05, 0) is 51.6 Å². The molecule has 0 aliphatic carbocycles. The van der Waals surface area contributed by atoms with Gasteiger partial charge >= 0.3 is 41.8 Å². The first-order valence-electron chi connectivity index (χ1n) is 46.0. The number of rotatable bonds is 44. The van der Waals surface area contributed by atoms with Gasteiger partial charge < -0.3 is 110 Å². The molecule has 0 radical (unpaired) electrons. The van der Waals surface area contributed by atoms with Gasteiger partial charge in [0, 0.05) is 81.9 Å². The number of hydrogen-bond donors (Lipinski definition) is 2. The molecule has 37 heteroatoms. The highest BCUT2D eigenvalue weighted by molar-refractivity contribution is 8.00. The van der Waals surface area contributed by atoms with Crippen LogP contribution in [-0.4, -0.2) is 258 Å². The summed E-state index contributed by atoms with van der Waals surface area (Å²) in [6.07, 6.45) is -32.4. The summed E-state index contributed by atoms with van der Waals surface area (Å²) in [5.74, 6) is -18.5. The largest absolute Gasteiger partial charge is 0.465 e. The first kappa shape index (κ1) is 107. The van der Waals surface area contributed by atoms with Crippen molar-refractivity contribution in [2.45, 2.75) is 278 Å². The Morgan fingerprint density at radius 2 is 0.906 bits per heavy atom. The van der Waals surface area contributed by atoms with E-state index in [-0.39, 0.29) is 64.4 Å². The lowest BCUT2D eigenvalue weighted by atomic mass is 9.84. The van der Waals surface area contributed by atoms with Crippen LogP contribution in [0.4, 0.5) is 0 Å². The van der Waals surface area contributed by atoms with Crippen LogP contribution in [0.3, 0.4) is 0 Å². The summed E-state index contributed by atoms with van der Waals surface area (Å²) in [7, 11) is -0.837. The molecule has 12 rings (SSSR count). The number of esters is 7. The quantitative estimate of drug-likeness (QED) is 0.0203. The molecular weight excluding hydrogens is 1840 g/mol. The fraction of sp³-hybridized carbons (Fsp3) is 0.480. The zero-order valence-corrected chi connectivity index (χ0v) is 81.8. The Morgan fingerprint density at radius 1 is 0.460 bits per heavy atom. The van der Waals surface area contributed by atoms with E-state index >= 15 is 14.4 Å². The Balaban J connectivity index is 1.09. The minimum atomic E-state index is -3.27. The lowest BCUT2D eigenvalue weighted by Gasteiger charge is -2.57. The van der Waals surface area contributed by atoms with Gasteiger partial charge in [-0.25, -0.2) is 4.79 Å². The molecule has 139 heavy (non-hydrogen) atoms. The summed E-state index contributed by atoms with van der Waals surface area (Å²) in [5, 5.41) is 3.58. The van der Waals surface area contributed by atoms with E-state index < -0.39 is 232 Å². The Bertz CT molecular complexity index is 5180. The maximum absolute atomic E-state index is 16.7. The van der Waals surface area contributed by atoms with Crippen molar-refractivity contribution in [2.24, 2.45) is 0 Å². The zero-order valence-electron chi connectivity index (χ0n) is 79.9. The minimum absolute atomic E-state index is 0.0132. The molecule has 0 saturated carbocycles. The number of morpholine rings is 1. The van der Waals surface area contributed by atoms with Gasteiger partial charge in [-0.2, -0.15) is 0 Å². The van der Waals surface area contributed by atoms with Crippen LogP contribution in [0.2, 0.25) is 25.7 Å². The number of carbonyl (C=O) groups is 11. The molecule has 0 bridgehead atoms. The molecular formula is C102H123N3O32SSi. The number of methoxy groups -OCH3 is 1. The van der Waals surface area contributed by atoms with Gasteiger partial charge in [-0.1, -0.05) is 220 Å². The van der Waals surface area contributed by atoms with Gasteiger partial charge in [-0.15, -0.1) is 11.8 Å². The number of carbonyl (C=O) groups excluding carboxylic acids is 11. The molecule has 0 aromatic heterocycles. The fourth-order valence-electron chi connectivity index (χ4n) is 17.2. The highest BCUT2D eigenvalue weighted by Gasteiger charge is 2.71. The van der Waals surface area contributed by atoms with E-state index in [1.54, 1.807) is 84.9 Å². The van der Waals surface area contributed by atoms with Crippen LogP contribution in [0, 0.1) is 0 Å². The van der Waals surface area contributed by atoms with E-state index in [1.807, 2.05) is 127 Å². The average molecular weight is 1960 g/mol. The topological polar surface area (TPSA) is 409 Å². The molecule has 748 valence electrons. The second-order valence-corrected chi connectivity index (χ2v) is 42.3. The summed E-state index contributed by atoms with van der Waals surface area (Å²) >= 11 is 0.745. The average Bonchev–Trinajstić information content (AvgIpc) is 0.710. The molecule has 7 aromatic rings. The summed E-state index contributed by atoms with van der Waals surface area (Å²) in [5.41, 5.74) is 4.29. The van der Waals surface area contributed by atoms with Crippen LogP contribution in [0.15, 0.2) is 217 Å². The molecule has 1 spiro atoms. The summed E-state index contributed by atoms with van der Waals surface area (Å²) in [6.45, 7) is 13.0. The van der Waals surface area contributed by atoms with Crippen molar-refractivity contribution < 1.29 is 152 Å². The molecule has 5 aliphatic rings. The van der Waals surface area contributed by atoms with E-state index in [2.05, 4.69) is 30.3 Å². The third-order valence-electron chi connectivity index (χ3n) is 23.3. The number of nitrogens with one attached hydrogen (secondary N) is 2.